The molecule has 1 amide bonds. The van der Waals surface area contributed by atoms with Crippen LogP contribution in [0.3, 0.4) is 0 Å². The van der Waals surface area contributed by atoms with E-state index in [0.717, 1.165) is 11.5 Å². The molecule has 1 atom stereocenters. The Morgan fingerprint density at radius 3 is 2.48 bits per heavy atom. The third-order valence-corrected chi connectivity index (χ3v) is 3.35. The number of methoxy groups -OCH3 is 1. The average molecular weight is 289 g/mol. The van der Waals surface area contributed by atoms with Gasteiger partial charge in [0.1, 0.15) is 17.3 Å². The zero-order chi connectivity index (χ0) is 15.2. The Labute approximate surface area is 124 Å². The van der Waals surface area contributed by atoms with E-state index in [4.69, 9.17) is 13.9 Å². The van der Waals surface area contributed by atoms with Crippen LogP contribution in [0.25, 0.3) is 0 Å². The molecule has 21 heavy (non-hydrogen) atoms. The number of benzene rings is 1. The van der Waals surface area contributed by atoms with E-state index in [9.17, 15) is 4.79 Å². The molecule has 0 aliphatic carbocycles. The van der Waals surface area contributed by atoms with Crippen LogP contribution in [0.4, 0.5) is 0 Å². The molecule has 0 saturated heterocycles. The van der Waals surface area contributed by atoms with E-state index in [1.165, 1.54) is 0 Å². The Morgan fingerprint density at radius 2 is 1.90 bits per heavy atom. The maximum absolute atomic E-state index is 12.1. The van der Waals surface area contributed by atoms with Gasteiger partial charge >= 0.3 is 0 Å². The molecule has 0 bridgehead atoms. The van der Waals surface area contributed by atoms with Crippen LogP contribution in [0.5, 0.6) is 11.5 Å². The highest BCUT2D eigenvalue weighted by Gasteiger charge is 2.19. The number of carbonyl (C=O) groups excluding carboxylic acids is 1. The molecule has 0 spiro atoms. The van der Waals surface area contributed by atoms with Crippen molar-refractivity contribution in [3.05, 3.63) is 48.4 Å². The SMILES string of the molecule is COc1ccc(OCC(=O)N(C)C(C)c2ccco2)cc1. The highest BCUT2D eigenvalue weighted by Crippen LogP contribution is 2.20. The number of nitrogens with zero attached hydrogens (tertiary/aromatic N) is 1. The van der Waals surface area contributed by atoms with Crippen LogP contribution in [0, 0.1) is 0 Å². The number of carbonyl (C=O) groups is 1. The molecule has 0 aliphatic rings. The Hall–Kier alpha value is -2.43. The third-order valence-electron chi connectivity index (χ3n) is 3.35. The van der Waals surface area contributed by atoms with Gasteiger partial charge in [-0.2, -0.15) is 0 Å². The largest absolute Gasteiger partial charge is 0.497 e. The van der Waals surface area contributed by atoms with Crippen LogP contribution < -0.4 is 9.47 Å². The van der Waals surface area contributed by atoms with E-state index in [0.29, 0.717) is 5.75 Å². The van der Waals surface area contributed by atoms with Crippen molar-refractivity contribution in [2.24, 2.45) is 0 Å². The van der Waals surface area contributed by atoms with Crippen LogP contribution in [-0.2, 0) is 4.79 Å². The summed E-state index contributed by atoms with van der Waals surface area (Å²) < 4.78 is 15.8. The topological polar surface area (TPSA) is 51.9 Å². The van der Waals surface area contributed by atoms with Gasteiger partial charge in [0.2, 0.25) is 0 Å². The minimum Gasteiger partial charge on any atom is -0.497 e. The molecule has 1 unspecified atom stereocenters. The summed E-state index contributed by atoms with van der Waals surface area (Å²) >= 11 is 0. The van der Waals surface area contributed by atoms with Crippen LogP contribution in [0.1, 0.15) is 18.7 Å². The number of furan rings is 1. The van der Waals surface area contributed by atoms with E-state index < -0.39 is 0 Å². The lowest BCUT2D eigenvalue weighted by molar-refractivity contribution is -0.134. The van der Waals surface area contributed by atoms with Gasteiger partial charge in [-0.1, -0.05) is 0 Å². The van der Waals surface area contributed by atoms with E-state index in [-0.39, 0.29) is 18.6 Å². The predicted octanol–water partition coefficient (Wildman–Crippen LogP) is 2.89. The molecular weight excluding hydrogens is 270 g/mol. The minimum absolute atomic E-state index is 0.0200. The first-order valence-corrected chi connectivity index (χ1v) is 6.67. The first-order valence-electron chi connectivity index (χ1n) is 6.67. The van der Waals surface area contributed by atoms with Gasteiger partial charge in [0.25, 0.3) is 5.91 Å². The standard InChI is InChI=1S/C16H19NO4/c1-12(15-5-4-10-20-15)17(2)16(18)11-21-14-8-6-13(19-3)7-9-14/h4-10,12H,11H2,1-3H3. The van der Waals surface area contributed by atoms with E-state index >= 15 is 0 Å². The molecule has 2 rings (SSSR count). The van der Waals surface area contributed by atoms with Crippen molar-refractivity contribution >= 4 is 5.91 Å². The number of hydrogen-bond donors (Lipinski definition) is 0. The van der Waals surface area contributed by atoms with Crippen LogP contribution in [0.15, 0.2) is 47.1 Å². The van der Waals surface area contributed by atoms with Crippen LogP contribution in [-0.4, -0.2) is 31.6 Å². The smallest absolute Gasteiger partial charge is 0.260 e. The molecule has 0 radical (unpaired) electrons. The van der Waals surface area contributed by atoms with Gasteiger partial charge in [-0.25, -0.2) is 0 Å². The average Bonchev–Trinajstić information content (AvgIpc) is 3.06. The monoisotopic (exact) mass is 289 g/mol. The van der Waals surface area contributed by atoms with E-state index in [1.807, 2.05) is 13.0 Å². The molecule has 2 aromatic rings. The summed E-state index contributed by atoms with van der Waals surface area (Å²) in [4.78, 5) is 13.7. The second-order valence-corrected chi connectivity index (χ2v) is 4.66. The van der Waals surface area contributed by atoms with Gasteiger partial charge in [-0.3, -0.25) is 4.79 Å². The van der Waals surface area contributed by atoms with Gasteiger partial charge in [0, 0.05) is 7.05 Å². The number of hydrogen-bond acceptors (Lipinski definition) is 4. The summed E-state index contributed by atoms with van der Waals surface area (Å²) in [5.74, 6) is 2.01. The van der Waals surface area contributed by atoms with Gasteiger partial charge in [-0.05, 0) is 43.3 Å². The molecule has 1 heterocycles. The Kier molecular flexibility index (Phi) is 4.87. The second-order valence-electron chi connectivity index (χ2n) is 4.66. The summed E-state index contributed by atoms with van der Waals surface area (Å²) in [6.07, 6.45) is 1.60. The van der Waals surface area contributed by atoms with Crippen molar-refractivity contribution in [1.82, 2.24) is 4.90 Å². The minimum atomic E-state index is -0.132. The molecular formula is C16H19NO4. The predicted molar refractivity (Wildman–Crippen MR) is 78.4 cm³/mol. The summed E-state index contributed by atoms with van der Waals surface area (Å²) in [7, 11) is 3.33. The summed E-state index contributed by atoms with van der Waals surface area (Å²) in [5, 5.41) is 0. The van der Waals surface area contributed by atoms with Crippen molar-refractivity contribution in [2.75, 3.05) is 20.8 Å². The highest BCUT2D eigenvalue weighted by atomic mass is 16.5. The summed E-state index contributed by atoms with van der Waals surface area (Å²) in [6, 6.07) is 10.6. The number of ether oxygens (including phenoxy) is 2. The van der Waals surface area contributed by atoms with Gasteiger partial charge in [-0.15, -0.1) is 0 Å². The van der Waals surface area contributed by atoms with Crippen molar-refractivity contribution in [2.45, 2.75) is 13.0 Å². The fourth-order valence-electron chi connectivity index (χ4n) is 1.85. The maximum Gasteiger partial charge on any atom is 0.260 e. The summed E-state index contributed by atoms with van der Waals surface area (Å²) in [6.45, 7) is 1.89. The maximum atomic E-state index is 12.1. The third kappa shape index (κ3) is 3.78. The van der Waals surface area contributed by atoms with E-state index in [2.05, 4.69) is 0 Å². The lowest BCUT2D eigenvalue weighted by Gasteiger charge is -2.23. The molecule has 5 heteroatoms. The van der Waals surface area contributed by atoms with Gasteiger partial charge < -0.3 is 18.8 Å². The zero-order valence-corrected chi connectivity index (χ0v) is 12.4. The van der Waals surface area contributed by atoms with Crippen molar-refractivity contribution < 1.29 is 18.7 Å². The van der Waals surface area contributed by atoms with E-state index in [1.54, 1.807) is 55.7 Å². The van der Waals surface area contributed by atoms with Crippen molar-refractivity contribution in [3.8, 4) is 11.5 Å². The van der Waals surface area contributed by atoms with Crippen molar-refractivity contribution in [3.63, 3.8) is 0 Å². The van der Waals surface area contributed by atoms with Gasteiger partial charge in [0.05, 0.1) is 19.4 Å². The van der Waals surface area contributed by atoms with Crippen LogP contribution in [0.2, 0.25) is 0 Å². The first-order chi connectivity index (χ1) is 10.1. The molecule has 112 valence electrons. The highest BCUT2D eigenvalue weighted by molar-refractivity contribution is 5.77. The lowest BCUT2D eigenvalue weighted by atomic mass is 10.2. The molecule has 1 aromatic heterocycles. The molecule has 0 fully saturated rings. The van der Waals surface area contributed by atoms with Crippen LogP contribution >= 0.6 is 0 Å². The zero-order valence-electron chi connectivity index (χ0n) is 12.4. The number of amides is 1. The fourth-order valence-corrected chi connectivity index (χ4v) is 1.85. The Bertz CT molecular complexity index is 562. The quantitative estimate of drug-likeness (QED) is 0.820. The molecule has 1 aromatic carbocycles. The Balaban J connectivity index is 1.88. The normalized spacial score (nSPS) is 11.8. The first kappa shape index (κ1) is 15.0. The number of likely N-dealkylation sites (N-methyl/N-ethyl adjacent to an activating group) is 1. The van der Waals surface area contributed by atoms with Crippen molar-refractivity contribution in [1.29, 1.82) is 0 Å². The molecule has 0 aliphatic heterocycles. The Morgan fingerprint density at radius 1 is 1.24 bits per heavy atom. The molecule has 0 saturated carbocycles. The lowest BCUT2D eigenvalue weighted by Crippen LogP contribution is -2.33. The number of rotatable bonds is 6. The molecule has 0 N–H and O–H groups in total. The fraction of sp³-hybridized carbons (Fsp3) is 0.312. The van der Waals surface area contributed by atoms with Gasteiger partial charge in [0.15, 0.2) is 6.61 Å². The second kappa shape index (κ2) is 6.83. The molecule has 5 nitrogen and oxygen atoms in total. The summed E-state index contributed by atoms with van der Waals surface area (Å²) in [5.41, 5.74) is 0.